The molecule has 0 atom stereocenters. The maximum Gasteiger partial charge on any atom is 0.250 e. The van der Waals surface area contributed by atoms with Crippen LogP contribution in [0.3, 0.4) is 0 Å². The zero-order valence-corrected chi connectivity index (χ0v) is 12.7. The van der Waals surface area contributed by atoms with Crippen molar-refractivity contribution in [3.63, 3.8) is 0 Å². The van der Waals surface area contributed by atoms with Gasteiger partial charge in [-0.2, -0.15) is 0 Å². The average Bonchev–Trinajstić information content (AvgIpc) is 2.38. The Morgan fingerprint density at radius 2 is 1.95 bits per heavy atom. The van der Waals surface area contributed by atoms with Crippen LogP contribution in [0.2, 0.25) is 0 Å². The lowest BCUT2D eigenvalue weighted by Gasteiger charge is -2.23. The van der Waals surface area contributed by atoms with E-state index >= 15 is 0 Å². The molecule has 0 aliphatic heterocycles. The Bertz CT molecular complexity index is 643. The summed E-state index contributed by atoms with van der Waals surface area (Å²) in [7, 11) is 1.89. The van der Waals surface area contributed by atoms with Gasteiger partial charge in [-0.3, -0.25) is 4.79 Å². The number of hydrogen-bond donors (Lipinski definition) is 2. The second-order valence-electron chi connectivity index (χ2n) is 4.59. The van der Waals surface area contributed by atoms with Crippen molar-refractivity contribution < 1.29 is 4.79 Å². The second-order valence-corrected chi connectivity index (χ2v) is 5.51. The van der Waals surface area contributed by atoms with E-state index in [1.54, 1.807) is 18.2 Å². The highest BCUT2D eigenvalue weighted by Crippen LogP contribution is 2.28. The van der Waals surface area contributed by atoms with Crippen molar-refractivity contribution >= 4 is 33.2 Å². The van der Waals surface area contributed by atoms with Gasteiger partial charge >= 0.3 is 0 Å². The number of nitrogens with two attached hydrogens (primary N) is 2. The van der Waals surface area contributed by atoms with Crippen LogP contribution >= 0.6 is 15.9 Å². The molecule has 5 heteroatoms. The van der Waals surface area contributed by atoms with E-state index < -0.39 is 5.91 Å². The van der Waals surface area contributed by atoms with Gasteiger partial charge < -0.3 is 16.4 Å². The fraction of sp³-hybridized carbons (Fsp3) is 0.133. The van der Waals surface area contributed by atoms with E-state index in [2.05, 4.69) is 15.9 Å². The molecule has 104 valence electrons. The van der Waals surface area contributed by atoms with Crippen molar-refractivity contribution in [3.8, 4) is 0 Å². The normalized spacial score (nSPS) is 10.3. The third-order valence-electron chi connectivity index (χ3n) is 3.02. The van der Waals surface area contributed by atoms with Gasteiger partial charge in [-0.05, 0) is 29.8 Å². The van der Waals surface area contributed by atoms with Gasteiger partial charge in [0, 0.05) is 18.1 Å². The molecule has 1 amide bonds. The first-order valence-electron chi connectivity index (χ1n) is 6.13. The predicted molar refractivity (Wildman–Crippen MR) is 85.6 cm³/mol. The Hall–Kier alpha value is -2.01. The van der Waals surface area contributed by atoms with Crippen LogP contribution in [-0.4, -0.2) is 13.0 Å². The number of nitrogens with zero attached hydrogens (tertiary/aromatic N) is 1. The Kier molecular flexibility index (Phi) is 4.29. The van der Waals surface area contributed by atoms with E-state index in [1.807, 2.05) is 36.2 Å². The van der Waals surface area contributed by atoms with Crippen molar-refractivity contribution in [2.24, 2.45) is 5.73 Å². The van der Waals surface area contributed by atoms with Gasteiger partial charge in [-0.1, -0.05) is 34.1 Å². The molecule has 2 aromatic rings. The van der Waals surface area contributed by atoms with E-state index in [0.29, 0.717) is 23.5 Å². The average molecular weight is 334 g/mol. The summed E-state index contributed by atoms with van der Waals surface area (Å²) in [4.78, 5) is 13.4. The SMILES string of the molecule is CN(Cc1cccc(Br)c1)c1c(N)cccc1C(N)=O. The molecule has 2 aromatic carbocycles. The largest absolute Gasteiger partial charge is 0.397 e. The van der Waals surface area contributed by atoms with Gasteiger partial charge in [-0.15, -0.1) is 0 Å². The van der Waals surface area contributed by atoms with Gasteiger partial charge in [-0.25, -0.2) is 0 Å². The molecule has 0 unspecified atom stereocenters. The number of amides is 1. The van der Waals surface area contributed by atoms with Crippen molar-refractivity contribution in [3.05, 3.63) is 58.1 Å². The number of para-hydroxylation sites is 1. The number of carbonyl (C=O) groups is 1. The van der Waals surface area contributed by atoms with Crippen LogP contribution in [0.4, 0.5) is 11.4 Å². The number of primary amides is 1. The first-order valence-corrected chi connectivity index (χ1v) is 6.92. The standard InChI is InChI=1S/C15H16BrN3O/c1-19(9-10-4-2-5-11(16)8-10)14-12(15(18)20)6-3-7-13(14)17/h2-8H,9,17H2,1H3,(H2,18,20). The van der Waals surface area contributed by atoms with Crippen molar-refractivity contribution in [2.45, 2.75) is 6.54 Å². The van der Waals surface area contributed by atoms with Crippen LogP contribution in [-0.2, 0) is 6.54 Å². The molecular weight excluding hydrogens is 318 g/mol. The van der Waals surface area contributed by atoms with Crippen LogP contribution < -0.4 is 16.4 Å². The minimum atomic E-state index is -0.478. The smallest absolute Gasteiger partial charge is 0.250 e. The first-order chi connectivity index (χ1) is 9.49. The summed E-state index contributed by atoms with van der Waals surface area (Å²) in [5, 5.41) is 0. The summed E-state index contributed by atoms with van der Waals surface area (Å²) in [5.41, 5.74) is 14.1. The summed E-state index contributed by atoms with van der Waals surface area (Å²) in [6.45, 7) is 0.633. The number of benzene rings is 2. The van der Waals surface area contributed by atoms with Gasteiger partial charge in [0.2, 0.25) is 0 Å². The number of anilines is 2. The number of nitrogen functional groups attached to an aromatic ring is 1. The lowest BCUT2D eigenvalue weighted by Crippen LogP contribution is -2.23. The Morgan fingerprint density at radius 3 is 2.60 bits per heavy atom. The topological polar surface area (TPSA) is 72.3 Å². The molecule has 0 aromatic heterocycles. The second kappa shape index (κ2) is 5.96. The molecule has 2 rings (SSSR count). The summed E-state index contributed by atoms with van der Waals surface area (Å²) >= 11 is 3.44. The number of halogens is 1. The highest BCUT2D eigenvalue weighted by molar-refractivity contribution is 9.10. The molecule has 0 spiro atoms. The summed E-state index contributed by atoms with van der Waals surface area (Å²) in [5.74, 6) is -0.478. The Labute approximate surface area is 126 Å². The van der Waals surface area contributed by atoms with Crippen LogP contribution in [0.1, 0.15) is 15.9 Å². The molecule has 0 fully saturated rings. The summed E-state index contributed by atoms with van der Waals surface area (Å²) in [6.07, 6.45) is 0. The molecule has 0 saturated carbocycles. The molecule has 0 aliphatic carbocycles. The van der Waals surface area contributed by atoms with Gasteiger partial charge in [0.25, 0.3) is 5.91 Å². The zero-order chi connectivity index (χ0) is 14.7. The molecule has 20 heavy (non-hydrogen) atoms. The monoisotopic (exact) mass is 333 g/mol. The maximum atomic E-state index is 11.5. The number of rotatable bonds is 4. The van der Waals surface area contributed by atoms with Crippen LogP contribution in [0, 0.1) is 0 Å². The van der Waals surface area contributed by atoms with E-state index in [0.717, 1.165) is 10.0 Å². The van der Waals surface area contributed by atoms with Crippen LogP contribution in [0.25, 0.3) is 0 Å². The number of carbonyl (C=O) groups excluding carboxylic acids is 1. The molecule has 0 heterocycles. The molecular formula is C15H16BrN3O. The highest BCUT2D eigenvalue weighted by atomic mass is 79.9. The summed E-state index contributed by atoms with van der Waals surface area (Å²) in [6, 6.07) is 13.2. The predicted octanol–water partition coefficient (Wildman–Crippen LogP) is 2.77. The van der Waals surface area contributed by atoms with Crippen LogP contribution in [0.5, 0.6) is 0 Å². The fourth-order valence-electron chi connectivity index (χ4n) is 2.17. The minimum Gasteiger partial charge on any atom is -0.397 e. The third-order valence-corrected chi connectivity index (χ3v) is 3.52. The summed E-state index contributed by atoms with van der Waals surface area (Å²) < 4.78 is 1.01. The molecule has 4 nitrogen and oxygen atoms in total. The molecule has 0 radical (unpaired) electrons. The number of hydrogen-bond acceptors (Lipinski definition) is 3. The van der Waals surface area contributed by atoms with Gasteiger partial charge in [0.1, 0.15) is 0 Å². The van der Waals surface area contributed by atoms with Crippen molar-refractivity contribution in [1.82, 2.24) is 0 Å². The van der Waals surface area contributed by atoms with E-state index in [-0.39, 0.29) is 0 Å². The molecule has 0 aliphatic rings. The minimum absolute atomic E-state index is 0.433. The molecule has 4 N–H and O–H groups in total. The third kappa shape index (κ3) is 3.11. The fourth-order valence-corrected chi connectivity index (χ4v) is 2.62. The highest BCUT2D eigenvalue weighted by Gasteiger charge is 2.15. The molecule has 0 saturated heterocycles. The zero-order valence-electron chi connectivity index (χ0n) is 11.1. The quantitative estimate of drug-likeness (QED) is 0.845. The van der Waals surface area contributed by atoms with E-state index in [9.17, 15) is 4.79 Å². The Morgan fingerprint density at radius 1 is 1.25 bits per heavy atom. The van der Waals surface area contributed by atoms with E-state index in [1.165, 1.54) is 0 Å². The Balaban J connectivity index is 2.34. The lowest BCUT2D eigenvalue weighted by molar-refractivity contribution is 0.100. The van der Waals surface area contributed by atoms with Crippen LogP contribution in [0.15, 0.2) is 46.9 Å². The van der Waals surface area contributed by atoms with Gasteiger partial charge in [0.15, 0.2) is 0 Å². The van der Waals surface area contributed by atoms with Gasteiger partial charge in [0.05, 0.1) is 16.9 Å². The maximum absolute atomic E-state index is 11.5. The molecule has 0 bridgehead atoms. The lowest BCUT2D eigenvalue weighted by atomic mass is 10.1. The van der Waals surface area contributed by atoms with Crippen molar-refractivity contribution in [1.29, 1.82) is 0 Å². The van der Waals surface area contributed by atoms with Crippen molar-refractivity contribution in [2.75, 3.05) is 17.7 Å². The van der Waals surface area contributed by atoms with E-state index in [4.69, 9.17) is 11.5 Å². The first kappa shape index (κ1) is 14.4.